The summed E-state index contributed by atoms with van der Waals surface area (Å²) in [5.74, 6) is 0.871. The van der Waals surface area contributed by atoms with Crippen LogP contribution in [-0.4, -0.2) is 30.6 Å². The number of nitrogens with one attached hydrogen (secondary N) is 1. The van der Waals surface area contributed by atoms with E-state index in [4.69, 9.17) is 0 Å². The first-order chi connectivity index (χ1) is 9.83. The van der Waals surface area contributed by atoms with Crippen LogP contribution in [0.2, 0.25) is 0 Å². The lowest BCUT2D eigenvalue weighted by atomic mass is 10.1. The van der Waals surface area contributed by atoms with Crippen molar-refractivity contribution < 1.29 is 0 Å². The summed E-state index contributed by atoms with van der Waals surface area (Å²) >= 11 is 0. The molecule has 1 aromatic carbocycles. The third kappa shape index (κ3) is 3.83. The molecule has 20 heavy (non-hydrogen) atoms. The molecule has 1 N–H and O–H groups in total. The number of piperidine rings is 1. The van der Waals surface area contributed by atoms with E-state index in [1.165, 1.54) is 56.3 Å². The van der Waals surface area contributed by atoms with Gasteiger partial charge in [0, 0.05) is 19.1 Å². The first-order valence-electron chi connectivity index (χ1n) is 8.36. The van der Waals surface area contributed by atoms with Gasteiger partial charge in [0.25, 0.3) is 0 Å². The molecule has 2 heteroatoms. The van der Waals surface area contributed by atoms with Gasteiger partial charge in [0.2, 0.25) is 0 Å². The predicted molar refractivity (Wildman–Crippen MR) is 85.0 cm³/mol. The molecule has 0 aromatic heterocycles. The average Bonchev–Trinajstić information content (AvgIpc) is 3.33. The van der Waals surface area contributed by atoms with Gasteiger partial charge in [-0.05, 0) is 62.7 Å². The van der Waals surface area contributed by atoms with Gasteiger partial charge in [-0.3, -0.25) is 4.90 Å². The Morgan fingerprint density at radius 3 is 2.45 bits per heavy atom. The van der Waals surface area contributed by atoms with Crippen molar-refractivity contribution in [1.82, 2.24) is 10.2 Å². The maximum Gasteiger partial charge on any atom is 0.0206 e. The molecule has 0 bridgehead atoms. The molecule has 0 spiro atoms. The van der Waals surface area contributed by atoms with Crippen LogP contribution in [0.4, 0.5) is 0 Å². The molecule has 0 amide bonds. The maximum atomic E-state index is 3.62. The minimum absolute atomic E-state index is 0.668. The quantitative estimate of drug-likeness (QED) is 0.852. The molecule has 2 aliphatic rings. The molecule has 2 nitrogen and oxygen atoms in total. The molecule has 2 fully saturated rings. The van der Waals surface area contributed by atoms with Crippen LogP contribution in [0.15, 0.2) is 24.3 Å². The third-order valence-corrected chi connectivity index (χ3v) is 4.81. The summed E-state index contributed by atoms with van der Waals surface area (Å²) in [7, 11) is 0. The lowest BCUT2D eigenvalue weighted by Gasteiger charge is -2.32. The number of rotatable bonds is 6. The molecule has 1 saturated carbocycles. The number of nitrogens with zero attached hydrogens (tertiary/aromatic N) is 1. The summed E-state index contributed by atoms with van der Waals surface area (Å²) in [5, 5.41) is 3.62. The van der Waals surface area contributed by atoms with Gasteiger partial charge in [-0.1, -0.05) is 30.7 Å². The lowest BCUT2D eigenvalue weighted by Crippen LogP contribution is -2.42. The zero-order valence-corrected chi connectivity index (χ0v) is 12.8. The highest BCUT2D eigenvalue weighted by Gasteiger charge is 2.22. The minimum atomic E-state index is 0.668. The van der Waals surface area contributed by atoms with E-state index in [2.05, 4.69) is 41.4 Å². The van der Waals surface area contributed by atoms with Crippen molar-refractivity contribution in [3.8, 4) is 0 Å². The summed E-state index contributed by atoms with van der Waals surface area (Å²) in [4.78, 5) is 2.63. The molecule has 1 saturated heterocycles. The summed E-state index contributed by atoms with van der Waals surface area (Å²) in [6, 6.07) is 9.91. The Balaban J connectivity index is 1.40. The van der Waals surface area contributed by atoms with E-state index < -0.39 is 0 Å². The molecule has 110 valence electrons. The fraction of sp³-hybridized carbons (Fsp3) is 0.667. The molecule has 0 radical (unpaired) electrons. The van der Waals surface area contributed by atoms with Crippen molar-refractivity contribution >= 4 is 0 Å². The number of benzene rings is 1. The lowest BCUT2D eigenvalue weighted by molar-refractivity contribution is 0.170. The fourth-order valence-corrected chi connectivity index (χ4v) is 3.24. The van der Waals surface area contributed by atoms with Crippen LogP contribution in [0.25, 0.3) is 0 Å². The molecule has 1 aliphatic carbocycles. The molecular weight excluding hydrogens is 244 g/mol. The van der Waals surface area contributed by atoms with Gasteiger partial charge in [0.05, 0.1) is 0 Å². The van der Waals surface area contributed by atoms with E-state index in [0.717, 1.165) is 19.0 Å². The zero-order valence-electron chi connectivity index (χ0n) is 12.8. The molecule has 3 rings (SSSR count). The highest BCUT2D eigenvalue weighted by Crippen LogP contribution is 2.39. The molecule has 1 aromatic rings. The van der Waals surface area contributed by atoms with Gasteiger partial charge < -0.3 is 5.32 Å². The van der Waals surface area contributed by atoms with Gasteiger partial charge in [0.15, 0.2) is 0 Å². The van der Waals surface area contributed by atoms with Gasteiger partial charge in [0.1, 0.15) is 0 Å². The first kappa shape index (κ1) is 14.1. The van der Waals surface area contributed by atoms with Crippen molar-refractivity contribution in [2.75, 3.05) is 19.6 Å². The van der Waals surface area contributed by atoms with Gasteiger partial charge in [-0.25, -0.2) is 0 Å². The molecule has 1 aliphatic heterocycles. The van der Waals surface area contributed by atoms with E-state index in [-0.39, 0.29) is 0 Å². The largest absolute Gasteiger partial charge is 0.311 e. The number of likely N-dealkylation sites (tertiary alicyclic amines) is 1. The van der Waals surface area contributed by atoms with E-state index in [1.54, 1.807) is 0 Å². The van der Waals surface area contributed by atoms with Crippen molar-refractivity contribution in [3.05, 3.63) is 35.4 Å². The smallest absolute Gasteiger partial charge is 0.0206 e. The number of hydrogen-bond acceptors (Lipinski definition) is 2. The van der Waals surface area contributed by atoms with E-state index in [1.807, 2.05) is 0 Å². The van der Waals surface area contributed by atoms with Crippen molar-refractivity contribution in [1.29, 1.82) is 0 Å². The van der Waals surface area contributed by atoms with Crippen LogP contribution in [0.3, 0.4) is 0 Å². The van der Waals surface area contributed by atoms with E-state index in [9.17, 15) is 0 Å². The second-order valence-corrected chi connectivity index (χ2v) is 6.59. The van der Waals surface area contributed by atoms with Crippen LogP contribution in [0, 0.1) is 0 Å². The Kier molecular flexibility index (Phi) is 4.74. The summed E-state index contributed by atoms with van der Waals surface area (Å²) in [6.45, 7) is 7.04. The predicted octanol–water partition coefficient (Wildman–Crippen LogP) is 3.53. The van der Waals surface area contributed by atoms with Crippen molar-refractivity contribution in [2.24, 2.45) is 0 Å². The van der Waals surface area contributed by atoms with Crippen LogP contribution >= 0.6 is 0 Å². The van der Waals surface area contributed by atoms with Crippen LogP contribution in [-0.2, 0) is 6.54 Å². The average molecular weight is 272 g/mol. The second-order valence-electron chi connectivity index (χ2n) is 6.59. The van der Waals surface area contributed by atoms with E-state index >= 15 is 0 Å². The Morgan fingerprint density at radius 1 is 1.10 bits per heavy atom. The van der Waals surface area contributed by atoms with Crippen molar-refractivity contribution in [3.63, 3.8) is 0 Å². The van der Waals surface area contributed by atoms with Crippen LogP contribution in [0.1, 0.15) is 56.1 Å². The SMILES string of the molecule is CC(CNCc1ccc(C2CC2)cc1)N1CCCCC1. The number of hydrogen-bond donors (Lipinski definition) is 1. The normalized spacial score (nSPS) is 21.9. The Bertz CT molecular complexity index is 402. The summed E-state index contributed by atoms with van der Waals surface area (Å²) in [5.41, 5.74) is 2.95. The molecule has 1 heterocycles. The van der Waals surface area contributed by atoms with E-state index in [0.29, 0.717) is 6.04 Å². The molecule has 1 unspecified atom stereocenters. The first-order valence-corrected chi connectivity index (χ1v) is 8.36. The van der Waals surface area contributed by atoms with Gasteiger partial charge in [-0.2, -0.15) is 0 Å². The maximum absolute atomic E-state index is 3.62. The highest BCUT2D eigenvalue weighted by molar-refractivity contribution is 5.27. The zero-order chi connectivity index (χ0) is 13.8. The summed E-state index contributed by atoms with van der Waals surface area (Å²) < 4.78 is 0. The Hall–Kier alpha value is -0.860. The van der Waals surface area contributed by atoms with Crippen LogP contribution in [0.5, 0.6) is 0 Å². The minimum Gasteiger partial charge on any atom is -0.311 e. The van der Waals surface area contributed by atoms with Gasteiger partial charge in [-0.15, -0.1) is 0 Å². The molecule has 1 atom stereocenters. The summed E-state index contributed by atoms with van der Waals surface area (Å²) in [6.07, 6.45) is 6.97. The Morgan fingerprint density at radius 2 is 1.80 bits per heavy atom. The second kappa shape index (κ2) is 6.73. The standard InChI is InChI=1S/C18H28N2/c1-15(20-11-3-2-4-12-20)13-19-14-16-5-7-17(8-6-16)18-9-10-18/h5-8,15,18-19H,2-4,9-14H2,1H3. The monoisotopic (exact) mass is 272 g/mol. The Labute approximate surface area is 123 Å². The highest BCUT2D eigenvalue weighted by atomic mass is 15.2. The van der Waals surface area contributed by atoms with Crippen molar-refractivity contribution in [2.45, 2.75) is 57.5 Å². The topological polar surface area (TPSA) is 15.3 Å². The molecular formula is C18H28N2. The third-order valence-electron chi connectivity index (χ3n) is 4.81. The van der Waals surface area contributed by atoms with Crippen LogP contribution < -0.4 is 5.32 Å². The fourth-order valence-electron chi connectivity index (χ4n) is 3.24. The van der Waals surface area contributed by atoms with Gasteiger partial charge >= 0.3 is 0 Å².